The fourth-order valence-corrected chi connectivity index (χ4v) is 2.20. The molecule has 27 heavy (non-hydrogen) atoms. The van der Waals surface area contributed by atoms with E-state index in [1.165, 1.54) is 31.2 Å². The fraction of sp³-hybridized carbons (Fsp3) is 0.412. The summed E-state index contributed by atoms with van der Waals surface area (Å²) >= 11 is 0. The Kier molecular flexibility index (Phi) is 8.21. The molecule has 10 heteroatoms. The van der Waals surface area contributed by atoms with Crippen LogP contribution in [0.4, 0.5) is 0 Å². The molecule has 0 saturated carbocycles. The summed E-state index contributed by atoms with van der Waals surface area (Å²) in [4.78, 5) is 46.7. The normalized spacial score (nSPS) is 13.9. The average molecular weight is 380 g/mol. The summed E-state index contributed by atoms with van der Waals surface area (Å²) in [5.74, 6) is -3.30. The number of carbonyl (C=O) groups excluding carboxylic acids is 3. The van der Waals surface area contributed by atoms with Gasteiger partial charge in [-0.25, -0.2) is 4.79 Å². The quantitative estimate of drug-likeness (QED) is 0.288. The highest BCUT2D eigenvalue weighted by Gasteiger charge is 2.27. The molecule has 0 radical (unpaired) electrons. The molecule has 0 aromatic heterocycles. The number of aliphatic carboxylic acids is 1. The van der Waals surface area contributed by atoms with Crippen LogP contribution in [0.3, 0.4) is 0 Å². The molecule has 148 valence electrons. The van der Waals surface area contributed by atoms with Gasteiger partial charge < -0.3 is 32.3 Å². The minimum atomic E-state index is -1.27. The van der Waals surface area contributed by atoms with Crippen molar-refractivity contribution in [1.82, 2.24) is 10.6 Å². The molecule has 0 aliphatic heterocycles. The molecule has 0 aliphatic carbocycles. The number of amides is 3. The van der Waals surface area contributed by atoms with Gasteiger partial charge in [-0.05, 0) is 31.0 Å². The van der Waals surface area contributed by atoms with Crippen molar-refractivity contribution in [2.45, 2.75) is 44.3 Å². The van der Waals surface area contributed by atoms with Gasteiger partial charge in [0.05, 0.1) is 6.04 Å². The van der Waals surface area contributed by atoms with E-state index in [-0.39, 0.29) is 25.0 Å². The van der Waals surface area contributed by atoms with Gasteiger partial charge in [-0.3, -0.25) is 14.4 Å². The molecule has 1 aromatic carbocycles. The number of nitrogens with two attached hydrogens (primary N) is 2. The minimum Gasteiger partial charge on any atom is -0.508 e. The van der Waals surface area contributed by atoms with Gasteiger partial charge >= 0.3 is 5.97 Å². The number of primary amides is 1. The molecule has 0 bridgehead atoms. The summed E-state index contributed by atoms with van der Waals surface area (Å²) < 4.78 is 0. The third-order valence-corrected chi connectivity index (χ3v) is 3.72. The first-order valence-electron chi connectivity index (χ1n) is 8.25. The zero-order valence-electron chi connectivity index (χ0n) is 14.8. The second kappa shape index (κ2) is 10.1. The summed E-state index contributed by atoms with van der Waals surface area (Å²) in [5.41, 5.74) is 11.1. The Hall–Kier alpha value is -3.14. The molecule has 0 saturated heterocycles. The number of carboxylic acid groups (broad SMARTS) is 1. The Labute approximate surface area is 155 Å². The number of phenols is 1. The van der Waals surface area contributed by atoms with Gasteiger partial charge in [-0.2, -0.15) is 0 Å². The van der Waals surface area contributed by atoms with E-state index in [1.807, 2.05) is 0 Å². The molecular weight excluding hydrogens is 356 g/mol. The summed E-state index contributed by atoms with van der Waals surface area (Å²) in [6.07, 6.45) is -0.302. The number of hydrogen-bond donors (Lipinski definition) is 6. The first kappa shape index (κ1) is 21.9. The molecule has 0 aliphatic rings. The van der Waals surface area contributed by atoms with Crippen molar-refractivity contribution in [3.8, 4) is 5.75 Å². The van der Waals surface area contributed by atoms with Crippen molar-refractivity contribution in [2.24, 2.45) is 11.5 Å². The van der Waals surface area contributed by atoms with Crippen molar-refractivity contribution in [1.29, 1.82) is 0 Å². The second-order valence-electron chi connectivity index (χ2n) is 6.12. The Balaban J connectivity index is 2.86. The van der Waals surface area contributed by atoms with Crippen LogP contribution in [-0.4, -0.2) is 52.0 Å². The van der Waals surface area contributed by atoms with Crippen molar-refractivity contribution in [2.75, 3.05) is 0 Å². The van der Waals surface area contributed by atoms with Crippen molar-refractivity contribution >= 4 is 23.7 Å². The lowest BCUT2D eigenvalue weighted by Crippen LogP contribution is -2.54. The predicted octanol–water partition coefficient (Wildman–Crippen LogP) is -1.40. The maximum atomic E-state index is 12.5. The number of aromatic hydroxyl groups is 1. The highest BCUT2D eigenvalue weighted by Crippen LogP contribution is 2.12. The molecule has 3 amide bonds. The number of carbonyl (C=O) groups is 4. The smallest absolute Gasteiger partial charge is 0.326 e. The molecular formula is C17H24N4O6. The van der Waals surface area contributed by atoms with Gasteiger partial charge in [-0.15, -0.1) is 0 Å². The number of hydrogen-bond acceptors (Lipinski definition) is 6. The highest BCUT2D eigenvalue weighted by molar-refractivity contribution is 5.92. The third kappa shape index (κ3) is 7.74. The van der Waals surface area contributed by atoms with Crippen LogP contribution in [0, 0.1) is 0 Å². The van der Waals surface area contributed by atoms with E-state index in [0.29, 0.717) is 5.56 Å². The van der Waals surface area contributed by atoms with Crippen LogP contribution in [0.15, 0.2) is 24.3 Å². The SMILES string of the molecule is CC(N)C(=O)NC(CCC(N)=O)C(=O)NC(Cc1ccc(O)cc1)C(=O)O. The van der Waals surface area contributed by atoms with Gasteiger partial charge in [-0.1, -0.05) is 12.1 Å². The van der Waals surface area contributed by atoms with E-state index < -0.39 is 41.8 Å². The molecule has 8 N–H and O–H groups in total. The fourth-order valence-electron chi connectivity index (χ4n) is 2.20. The van der Waals surface area contributed by atoms with Gasteiger partial charge in [0, 0.05) is 12.8 Å². The van der Waals surface area contributed by atoms with Crippen LogP contribution in [0.1, 0.15) is 25.3 Å². The summed E-state index contributed by atoms with van der Waals surface area (Å²) in [6, 6.07) is 2.53. The van der Waals surface area contributed by atoms with Crippen LogP contribution >= 0.6 is 0 Å². The average Bonchev–Trinajstić information content (AvgIpc) is 2.58. The first-order chi connectivity index (χ1) is 12.6. The Morgan fingerprint density at radius 3 is 2.07 bits per heavy atom. The Morgan fingerprint density at radius 1 is 1.04 bits per heavy atom. The van der Waals surface area contributed by atoms with E-state index in [1.54, 1.807) is 0 Å². The zero-order valence-corrected chi connectivity index (χ0v) is 14.8. The minimum absolute atomic E-state index is 0.0276. The predicted molar refractivity (Wildman–Crippen MR) is 95.4 cm³/mol. The van der Waals surface area contributed by atoms with Gasteiger partial charge in [0.1, 0.15) is 17.8 Å². The summed E-state index contributed by atoms with van der Waals surface area (Å²) in [6.45, 7) is 1.42. The number of phenolic OH excluding ortho intramolecular Hbond substituents is 1. The lowest BCUT2D eigenvalue weighted by molar-refractivity contribution is -0.142. The van der Waals surface area contributed by atoms with Gasteiger partial charge in [0.25, 0.3) is 0 Å². The van der Waals surface area contributed by atoms with E-state index in [2.05, 4.69) is 10.6 Å². The Bertz CT molecular complexity index is 689. The Morgan fingerprint density at radius 2 is 1.59 bits per heavy atom. The van der Waals surface area contributed by atoms with Crippen LogP contribution < -0.4 is 22.1 Å². The molecule has 1 aromatic rings. The van der Waals surface area contributed by atoms with E-state index in [0.717, 1.165) is 0 Å². The number of carboxylic acids is 1. The number of rotatable bonds is 10. The summed E-state index contributed by atoms with van der Waals surface area (Å²) in [5, 5.41) is 23.4. The lowest BCUT2D eigenvalue weighted by Gasteiger charge is -2.22. The molecule has 1 rings (SSSR count). The van der Waals surface area contributed by atoms with Crippen LogP contribution in [0.25, 0.3) is 0 Å². The summed E-state index contributed by atoms with van der Waals surface area (Å²) in [7, 11) is 0. The topological polar surface area (TPSA) is 185 Å². The molecule has 3 unspecified atom stereocenters. The van der Waals surface area contributed by atoms with Gasteiger partial charge in [0.2, 0.25) is 17.7 Å². The van der Waals surface area contributed by atoms with E-state index in [4.69, 9.17) is 11.5 Å². The second-order valence-corrected chi connectivity index (χ2v) is 6.12. The number of nitrogens with one attached hydrogen (secondary N) is 2. The van der Waals surface area contributed by atoms with Gasteiger partial charge in [0.15, 0.2) is 0 Å². The number of benzene rings is 1. The lowest BCUT2D eigenvalue weighted by atomic mass is 10.0. The maximum Gasteiger partial charge on any atom is 0.326 e. The molecule has 0 spiro atoms. The molecule has 0 fully saturated rings. The molecule has 3 atom stereocenters. The standard InChI is InChI=1S/C17H24N4O6/c1-9(18)15(24)20-12(6-7-14(19)23)16(25)21-13(17(26)27)8-10-2-4-11(22)5-3-10/h2-5,9,12-13,22H,6-8,18H2,1H3,(H2,19,23)(H,20,24)(H,21,25)(H,26,27). The maximum absolute atomic E-state index is 12.5. The van der Waals surface area contributed by atoms with Crippen molar-refractivity contribution in [3.63, 3.8) is 0 Å². The van der Waals surface area contributed by atoms with E-state index in [9.17, 15) is 29.4 Å². The zero-order chi connectivity index (χ0) is 20.6. The van der Waals surface area contributed by atoms with Crippen molar-refractivity contribution < 1.29 is 29.4 Å². The van der Waals surface area contributed by atoms with E-state index >= 15 is 0 Å². The third-order valence-electron chi connectivity index (χ3n) is 3.72. The largest absolute Gasteiger partial charge is 0.508 e. The van der Waals surface area contributed by atoms with Crippen LogP contribution in [0.2, 0.25) is 0 Å². The first-order valence-corrected chi connectivity index (χ1v) is 8.25. The monoisotopic (exact) mass is 380 g/mol. The van der Waals surface area contributed by atoms with Crippen LogP contribution in [0.5, 0.6) is 5.75 Å². The van der Waals surface area contributed by atoms with Crippen molar-refractivity contribution in [3.05, 3.63) is 29.8 Å². The molecule has 0 heterocycles. The van der Waals surface area contributed by atoms with Crippen LogP contribution in [-0.2, 0) is 25.6 Å². The highest BCUT2D eigenvalue weighted by atomic mass is 16.4. The molecule has 10 nitrogen and oxygen atoms in total.